The van der Waals surface area contributed by atoms with E-state index in [1.54, 1.807) is 7.11 Å². The lowest BCUT2D eigenvalue weighted by molar-refractivity contribution is -0.00537. The third-order valence-corrected chi connectivity index (χ3v) is 3.25. The smallest absolute Gasteiger partial charge is 0.0638 e. The molecule has 1 atom stereocenters. The minimum absolute atomic E-state index is 0.0623. The van der Waals surface area contributed by atoms with Gasteiger partial charge in [0.15, 0.2) is 0 Å². The highest BCUT2D eigenvalue weighted by Gasteiger charge is 2.33. The Balaban J connectivity index is 2.44. The van der Waals surface area contributed by atoms with Gasteiger partial charge in [-0.1, -0.05) is 0 Å². The summed E-state index contributed by atoms with van der Waals surface area (Å²) in [5.74, 6) is 0. The first kappa shape index (κ1) is 12.0. The number of rotatable bonds is 6. The summed E-state index contributed by atoms with van der Waals surface area (Å²) in [7, 11) is 3.95. The van der Waals surface area contributed by atoms with E-state index in [0.717, 1.165) is 19.0 Å². The Morgan fingerprint density at radius 1 is 1.50 bits per heavy atom. The quantitative estimate of drug-likeness (QED) is 0.700. The Morgan fingerprint density at radius 3 is 2.43 bits per heavy atom. The first-order valence-electron chi connectivity index (χ1n) is 5.47. The van der Waals surface area contributed by atoms with Crippen molar-refractivity contribution in [3.8, 4) is 0 Å². The van der Waals surface area contributed by atoms with Gasteiger partial charge in [0.2, 0.25) is 0 Å². The molecule has 1 unspecified atom stereocenters. The van der Waals surface area contributed by atoms with Crippen LogP contribution in [0.3, 0.4) is 0 Å². The maximum Gasteiger partial charge on any atom is 0.0638 e. The average molecular weight is 200 g/mol. The molecule has 0 aromatic heterocycles. The third kappa shape index (κ3) is 3.23. The molecule has 2 N–H and O–H groups in total. The number of methoxy groups -OCH3 is 1. The topological polar surface area (TPSA) is 38.5 Å². The Labute approximate surface area is 87.6 Å². The molecule has 14 heavy (non-hydrogen) atoms. The molecule has 0 amide bonds. The van der Waals surface area contributed by atoms with Crippen LogP contribution in [0, 0.1) is 0 Å². The minimum Gasteiger partial charge on any atom is -0.379 e. The minimum atomic E-state index is -0.0623. The molecule has 0 spiro atoms. The third-order valence-electron chi connectivity index (χ3n) is 3.25. The van der Waals surface area contributed by atoms with E-state index in [1.165, 1.54) is 12.8 Å². The van der Waals surface area contributed by atoms with Crippen molar-refractivity contribution in [2.24, 2.45) is 5.73 Å². The van der Waals surface area contributed by atoms with Gasteiger partial charge in [0.1, 0.15) is 0 Å². The predicted molar refractivity (Wildman–Crippen MR) is 59.3 cm³/mol. The largest absolute Gasteiger partial charge is 0.379 e. The maximum atomic E-state index is 5.80. The summed E-state index contributed by atoms with van der Waals surface area (Å²) in [5, 5.41) is 0. The number of hydrogen-bond donors (Lipinski definition) is 1. The fourth-order valence-corrected chi connectivity index (χ4v) is 1.82. The zero-order valence-corrected chi connectivity index (χ0v) is 9.92. The summed E-state index contributed by atoms with van der Waals surface area (Å²) in [5.41, 5.74) is 5.74. The van der Waals surface area contributed by atoms with E-state index in [2.05, 4.69) is 25.8 Å². The molecule has 0 aromatic rings. The molecule has 1 saturated carbocycles. The van der Waals surface area contributed by atoms with Crippen LogP contribution in [0.25, 0.3) is 0 Å². The molecule has 3 nitrogen and oxygen atoms in total. The Bertz CT molecular complexity index is 178. The fraction of sp³-hybridized carbons (Fsp3) is 1.00. The van der Waals surface area contributed by atoms with Gasteiger partial charge in [0.25, 0.3) is 0 Å². The van der Waals surface area contributed by atoms with E-state index in [-0.39, 0.29) is 5.60 Å². The molecule has 0 saturated heterocycles. The highest BCUT2D eigenvalue weighted by Crippen LogP contribution is 2.29. The lowest BCUT2D eigenvalue weighted by atomic mass is 9.98. The van der Waals surface area contributed by atoms with Crippen LogP contribution in [0.1, 0.15) is 33.1 Å². The molecule has 0 heterocycles. The number of likely N-dealkylation sites (N-methyl/N-ethyl adjacent to an activating group) is 1. The van der Waals surface area contributed by atoms with Gasteiger partial charge >= 0.3 is 0 Å². The number of nitrogens with two attached hydrogens (primary N) is 1. The summed E-state index contributed by atoms with van der Waals surface area (Å²) < 4.78 is 5.44. The second-order valence-corrected chi connectivity index (χ2v) is 4.95. The Morgan fingerprint density at radius 2 is 2.07 bits per heavy atom. The van der Waals surface area contributed by atoms with Crippen molar-refractivity contribution in [1.82, 2.24) is 4.90 Å². The molecule has 0 aromatic carbocycles. The summed E-state index contributed by atoms with van der Waals surface area (Å²) in [6.07, 6.45) is 3.67. The van der Waals surface area contributed by atoms with Crippen LogP contribution >= 0.6 is 0 Å². The molecule has 0 bridgehead atoms. The van der Waals surface area contributed by atoms with Gasteiger partial charge in [0, 0.05) is 25.7 Å². The van der Waals surface area contributed by atoms with Gasteiger partial charge in [-0.3, -0.25) is 4.90 Å². The van der Waals surface area contributed by atoms with Gasteiger partial charge in [-0.25, -0.2) is 0 Å². The molecule has 0 aliphatic heterocycles. The Kier molecular flexibility index (Phi) is 3.93. The molecule has 1 fully saturated rings. The number of hydrogen-bond acceptors (Lipinski definition) is 3. The molecule has 3 heteroatoms. The highest BCUT2D eigenvalue weighted by molar-refractivity contribution is 4.89. The SMILES string of the molecule is COC(C)(C)CC(CN)N(C)C1CC1. The molecule has 0 radical (unpaired) electrons. The van der Waals surface area contributed by atoms with E-state index in [0.29, 0.717) is 6.04 Å². The van der Waals surface area contributed by atoms with Crippen LogP contribution in [-0.2, 0) is 4.74 Å². The van der Waals surface area contributed by atoms with Crippen LogP contribution < -0.4 is 5.73 Å². The van der Waals surface area contributed by atoms with Crippen molar-refractivity contribution in [2.45, 2.75) is 50.8 Å². The average Bonchev–Trinajstić information content (AvgIpc) is 2.96. The normalized spacial score (nSPS) is 20.1. The van der Waals surface area contributed by atoms with Gasteiger partial charge in [-0.2, -0.15) is 0 Å². The summed E-state index contributed by atoms with van der Waals surface area (Å²) in [4.78, 5) is 2.42. The zero-order chi connectivity index (χ0) is 10.8. The standard InChI is InChI=1S/C11H24N2O/c1-11(2,14-4)7-10(8-12)13(3)9-5-6-9/h9-10H,5-8,12H2,1-4H3. The first-order chi connectivity index (χ1) is 6.50. The molecule has 1 aliphatic carbocycles. The van der Waals surface area contributed by atoms with E-state index >= 15 is 0 Å². The summed E-state index contributed by atoms with van der Waals surface area (Å²) in [6.45, 7) is 4.96. The molecule has 1 rings (SSSR count). The summed E-state index contributed by atoms with van der Waals surface area (Å²) >= 11 is 0. The van der Waals surface area contributed by atoms with Crippen LogP contribution in [0.15, 0.2) is 0 Å². The van der Waals surface area contributed by atoms with Crippen molar-refractivity contribution in [2.75, 3.05) is 20.7 Å². The van der Waals surface area contributed by atoms with E-state index in [4.69, 9.17) is 10.5 Å². The van der Waals surface area contributed by atoms with Crippen LogP contribution in [0.2, 0.25) is 0 Å². The molecule has 1 aliphatic rings. The van der Waals surface area contributed by atoms with Gasteiger partial charge in [-0.05, 0) is 40.2 Å². The van der Waals surface area contributed by atoms with Crippen molar-refractivity contribution in [3.63, 3.8) is 0 Å². The van der Waals surface area contributed by atoms with Crippen LogP contribution in [-0.4, -0.2) is 43.3 Å². The Hall–Kier alpha value is -0.120. The highest BCUT2D eigenvalue weighted by atomic mass is 16.5. The van der Waals surface area contributed by atoms with Crippen molar-refractivity contribution >= 4 is 0 Å². The van der Waals surface area contributed by atoms with Crippen molar-refractivity contribution < 1.29 is 4.74 Å². The van der Waals surface area contributed by atoms with E-state index in [1.807, 2.05) is 0 Å². The number of nitrogens with zero attached hydrogens (tertiary/aromatic N) is 1. The summed E-state index contributed by atoms with van der Waals surface area (Å²) in [6, 6.07) is 1.23. The predicted octanol–water partition coefficient (Wildman–Crippen LogP) is 1.22. The monoisotopic (exact) mass is 200 g/mol. The molecular formula is C11H24N2O. The maximum absolute atomic E-state index is 5.80. The van der Waals surface area contributed by atoms with Crippen LogP contribution in [0.4, 0.5) is 0 Å². The van der Waals surface area contributed by atoms with Gasteiger partial charge < -0.3 is 10.5 Å². The van der Waals surface area contributed by atoms with E-state index in [9.17, 15) is 0 Å². The second-order valence-electron chi connectivity index (χ2n) is 4.95. The number of ether oxygens (including phenoxy) is 1. The lowest BCUT2D eigenvalue weighted by Crippen LogP contribution is -2.44. The van der Waals surface area contributed by atoms with Crippen LogP contribution in [0.5, 0.6) is 0 Å². The van der Waals surface area contributed by atoms with Gasteiger partial charge in [-0.15, -0.1) is 0 Å². The fourth-order valence-electron chi connectivity index (χ4n) is 1.82. The second kappa shape index (κ2) is 4.60. The van der Waals surface area contributed by atoms with Crippen molar-refractivity contribution in [3.05, 3.63) is 0 Å². The molecular weight excluding hydrogens is 176 g/mol. The zero-order valence-electron chi connectivity index (χ0n) is 9.92. The molecule has 84 valence electrons. The van der Waals surface area contributed by atoms with Gasteiger partial charge in [0.05, 0.1) is 5.60 Å². The lowest BCUT2D eigenvalue weighted by Gasteiger charge is -2.33. The first-order valence-corrected chi connectivity index (χ1v) is 5.47. The van der Waals surface area contributed by atoms with E-state index < -0.39 is 0 Å². The van der Waals surface area contributed by atoms with Crippen molar-refractivity contribution in [1.29, 1.82) is 0 Å².